The van der Waals surface area contributed by atoms with Crippen LogP contribution in [-0.4, -0.2) is 34.2 Å². The predicted molar refractivity (Wildman–Crippen MR) is 122 cm³/mol. The summed E-state index contributed by atoms with van der Waals surface area (Å²) < 4.78 is 33.0. The van der Waals surface area contributed by atoms with Gasteiger partial charge >= 0.3 is 5.97 Å². The number of esters is 1. The summed E-state index contributed by atoms with van der Waals surface area (Å²) in [6, 6.07) is 14.4. The van der Waals surface area contributed by atoms with E-state index in [1.165, 1.54) is 18.3 Å². The number of hydrogen-bond donors (Lipinski definition) is 0. The third kappa shape index (κ3) is 4.11. The van der Waals surface area contributed by atoms with Gasteiger partial charge in [-0.25, -0.2) is 4.79 Å². The summed E-state index contributed by atoms with van der Waals surface area (Å²) in [6.07, 6.45) is 3.05. The molecule has 0 unspecified atom stereocenters. The average Bonchev–Trinajstić information content (AvgIpc) is 3.13. The van der Waals surface area contributed by atoms with Crippen LogP contribution in [-0.2, 0) is 14.8 Å². The zero-order valence-electron chi connectivity index (χ0n) is 17.6. The summed E-state index contributed by atoms with van der Waals surface area (Å²) in [5.74, 6) is -0.442. The number of halogens is 1. The van der Waals surface area contributed by atoms with E-state index < -0.39 is 21.6 Å². The molecule has 0 fully saturated rings. The van der Waals surface area contributed by atoms with Crippen molar-refractivity contribution in [3.8, 4) is 11.3 Å². The fraction of sp³-hybridized carbons (Fsp3) is 0.174. The highest BCUT2D eigenvalue weighted by Crippen LogP contribution is 2.31. The molecule has 7 nitrogen and oxygen atoms in total. The van der Waals surface area contributed by atoms with Crippen LogP contribution in [0.3, 0.4) is 0 Å². The maximum absolute atomic E-state index is 13.3. The Morgan fingerprint density at radius 3 is 2.38 bits per heavy atom. The highest BCUT2D eigenvalue weighted by Gasteiger charge is 2.26. The maximum atomic E-state index is 13.3. The number of fused-ring (bicyclic) bond motifs is 1. The zero-order chi connectivity index (χ0) is 23.1. The quantitative estimate of drug-likeness (QED) is 0.393. The smallest absolute Gasteiger partial charge is 0.338 e. The molecule has 0 spiro atoms. The van der Waals surface area contributed by atoms with Gasteiger partial charge in [0.05, 0.1) is 16.1 Å². The van der Waals surface area contributed by atoms with Gasteiger partial charge < -0.3 is 4.74 Å². The molecule has 0 radical (unpaired) electrons. The molecule has 0 amide bonds. The number of carbonyl (C=O) groups excluding carboxylic acids is 1. The molecule has 4 aromatic rings. The highest BCUT2D eigenvalue weighted by atomic mass is 35.5. The Kier molecular flexibility index (Phi) is 5.52. The van der Waals surface area contributed by atoms with E-state index in [1.54, 1.807) is 69.4 Å². The predicted octanol–water partition coefficient (Wildman–Crippen LogP) is 4.94. The van der Waals surface area contributed by atoms with Gasteiger partial charge in [0, 0.05) is 23.3 Å². The Hall–Kier alpha value is -3.23. The van der Waals surface area contributed by atoms with E-state index in [0.29, 0.717) is 27.7 Å². The van der Waals surface area contributed by atoms with Crippen LogP contribution in [0.1, 0.15) is 31.1 Å². The standard InChI is InChI=1S/C23H20ClN3O4S/c1-23(2,3)31-22(28)16-10-8-15(9-11-16)21-17-14-25-13-12-19(17)27(26-21)32(29,30)20-7-5-4-6-18(20)24/h4-14H,1-3H3. The van der Waals surface area contributed by atoms with E-state index in [9.17, 15) is 13.2 Å². The molecule has 164 valence electrons. The summed E-state index contributed by atoms with van der Waals surface area (Å²) in [5.41, 5.74) is 1.19. The molecule has 2 heterocycles. The van der Waals surface area contributed by atoms with Crippen LogP contribution in [0, 0.1) is 0 Å². The van der Waals surface area contributed by atoms with Crippen LogP contribution >= 0.6 is 11.6 Å². The number of pyridine rings is 1. The lowest BCUT2D eigenvalue weighted by Gasteiger charge is -2.19. The van der Waals surface area contributed by atoms with Crippen molar-refractivity contribution < 1.29 is 17.9 Å². The first-order valence-corrected chi connectivity index (χ1v) is 11.6. The molecule has 0 saturated carbocycles. The van der Waals surface area contributed by atoms with Gasteiger partial charge in [0.1, 0.15) is 16.2 Å². The molecular weight excluding hydrogens is 450 g/mol. The number of hydrogen-bond acceptors (Lipinski definition) is 6. The van der Waals surface area contributed by atoms with Gasteiger partial charge in [-0.3, -0.25) is 4.98 Å². The number of carbonyl (C=O) groups is 1. The van der Waals surface area contributed by atoms with Gasteiger partial charge in [-0.1, -0.05) is 35.9 Å². The van der Waals surface area contributed by atoms with Gasteiger partial charge in [0.15, 0.2) is 0 Å². The fourth-order valence-electron chi connectivity index (χ4n) is 3.18. The lowest BCUT2D eigenvalue weighted by molar-refractivity contribution is 0.00695. The number of aromatic nitrogens is 3. The Balaban J connectivity index is 1.81. The third-order valence-corrected chi connectivity index (χ3v) is 6.67. The monoisotopic (exact) mass is 469 g/mol. The molecule has 9 heteroatoms. The molecule has 32 heavy (non-hydrogen) atoms. The minimum atomic E-state index is -4.05. The highest BCUT2D eigenvalue weighted by molar-refractivity contribution is 7.90. The van der Waals surface area contributed by atoms with Crippen molar-refractivity contribution in [1.29, 1.82) is 0 Å². The van der Waals surface area contributed by atoms with E-state index in [2.05, 4.69) is 10.1 Å². The average molecular weight is 470 g/mol. The molecule has 0 atom stereocenters. The fourth-order valence-corrected chi connectivity index (χ4v) is 4.97. The Morgan fingerprint density at radius 2 is 1.72 bits per heavy atom. The van der Waals surface area contributed by atoms with Crippen molar-refractivity contribution in [2.24, 2.45) is 0 Å². The number of rotatable bonds is 4. The molecule has 2 aromatic carbocycles. The largest absolute Gasteiger partial charge is 0.456 e. The lowest BCUT2D eigenvalue weighted by Crippen LogP contribution is -2.23. The second kappa shape index (κ2) is 8.03. The molecule has 2 aromatic heterocycles. The lowest BCUT2D eigenvalue weighted by atomic mass is 10.1. The number of ether oxygens (including phenoxy) is 1. The van der Waals surface area contributed by atoms with Crippen LogP contribution in [0.15, 0.2) is 71.9 Å². The van der Waals surface area contributed by atoms with Crippen LogP contribution in [0.4, 0.5) is 0 Å². The topological polar surface area (TPSA) is 91.1 Å². The van der Waals surface area contributed by atoms with Crippen LogP contribution in [0.5, 0.6) is 0 Å². The summed E-state index contributed by atoms with van der Waals surface area (Å²) >= 11 is 6.15. The van der Waals surface area contributed by atoms with Crippen molar-refractivity contribution in [2.45, 2.75) is 31.3 Å². The number of benzene rings is 2. The Morgan fingerprint density at radius 1 is 1.03 bits per heavy atom. The van der Waals surface area contributed by atoms with E-state index in [-0.39, 0.29) is 9.92 Å². The minimum Gasteiger partial charge on any atom is -0.456 e. The molecule has 0 aliphatic rings. The number of nitrogens with zero attached hydrogens (tertiary/aromatic N) is 3. The summed E-state index contributed by atoms with van der Waals surface area (Å²) in [4.78, 5) is 16.4. The van der Waals surface area contributed by atoms with Gasteiger partial charge in [-0.15, -0.1) is 0 Å². The minimum absolute atomic E-state index is 0.0466. The third-order valence-electron chi connectivity index (χ3n) is 4.59. The van der Waals surface area contributed by atoms with Crippen LogP contribution < -0.4 is 0 Å². The maximum Gasteiger partial charge on any atom is 0.338 e. The first-order chi connectivity index (χ1) is 15.1. The molecular formula is C23H20ClN3O4S. The molecule has 0 bridgehead atoms. The summed E-state index contributed by atoms with van der Waals surface area (Å²) in [7, 11) is -4.05. The molecule has 0 aliphatic heterocycles. The van der Waals surface area contributed by atoms with Gasteiger partial charge in [0.2, 0.25) is 0 Å². The summed E-state index contributed by atoms with van der Waals surface area (Å²) in [6.45, 7) is 5.39. The molecule has 4 rings (SSSR count). The van der Waals surface area contributed by atoms with Gasteiger partial charge in [0.25, 0.3) is 10.0 Å². The van der Waals surface area contributed by atoms with Crippen molar-refractivity contribution in [3.05, 3.63) is 77.6 Å². The molecule has 0 N–H and O–H groups in total. The first-order valence-electron chi connectivity index (χ1n) is 9.74. The van der Waals surface area contributed by atoms with Crippen molar-refractivity contribution in [3.63, 3.8) is 0 Å². The Bertz CT molecular complexity index is 1420. The van der Waals surface area contributed by atoms with Crippen molar-refractivity contribution in [2.75, 3.05) is 0 Å². The van der Waals surface area contributed by atoms with Crippen LogP contribution in [0.2, 0.25) is 5.02 Å². The Labute approximate surface area is 190 Å². The van der Waals surface area contributed by atoms with E-state index >= 15 is 0 Å². The first kappa shape index (κ1) is 22.0. The molecule has 0 saturated heterocycles. The van der Waals surface area contributed by atoms with Crippen LogP contribution in [0.25, 0.3) is 22.2 Å². The van der Waals surface area contributed by atoms with Crippen molar-refractivity contribution in [1.82, 2.24) is 14.2 Å². The summed E-state index contributed by atoms with van der Waals surface area (Å²) in [5, 5.41) is 5.05. The van der Waals surface area contributed by atoms with Gasteiger partial charge in [-0.2, -0.15) is 17.6 Å². The van der Waals surface area contributed by atoms with E-state index in [1.807, 2.05) is 0 Å². The van der Waals surface area contributed by atoms with Gasteiger partial charge in [-0.05, 0) is 51.1 Å². The van der Waals surface area contributed by atoms with E-state index in [4.69, 9.17) is 16.3 Å². The SMILES string of the molecule is CC(C)(C)OC(=O)c1ccc(-c2nn(S(=O)(=O)c3ccccc3Cl)c3ccncc23)cc1. The normalized spacial score (nSPS) is 12.1. The zero-order valence-corrected chi connectivity index (χ0v) is 19.2. The van der Waals surface area contributed by atoms with Crippen molar-refractivity contribution >= 4 is 38.5 Å². The molecule has 0 aliphatic carbocycles. The second-order valence-corrected chi connectivity index (χ2v) is 10.2. The second-order valence-electron chi connectivity index (χ2n) is 8.10. The van der Waals surface area contributed by atoms with E-state index in [0.717, 1.165) is 4.09 Å².